The van der Waals surface area contributed by atoms with Gasteiger partial charge in [-0.3, -0.25) is 4.79 Å². The van der Waals surface area contributed by atoms with Crippen molar-refractivity contribution in [1.82, 2.24) is 4.90 Å². The van der Waals surface area contributed by atoms with Gasteiger partial charge in [0, 0.05) is 23.9 Å². The lowest BCUT2D eigenvalue weighted by Crippen LogP contribution is -2.65. The van der Waals surface area contributed by atoms with E-state index in [-0.39, 0.29) is 35.6 Å². The number of benzene rings is 1. The summed E-state index contributed by atoms with van der Waals surface area (Å²) in [7, 11) is 0. The number of hydrogen-bond donors (Lipinski definition) is 1. The Morgan fingerprint density at radius 1 is 1.10 bits per heavy atom. The van der Waals surface area contributed by atoms with Gasteiger partial charge >= 0.3 is 6.18 Å². The molecular weight excluding hydrogens is 379 g/mol. The Balaban J connectivity index is 1.57. The van der Waals surface area contributed by atoms with Crippen LogP contribution in [0.5, 0.6) is 0 Å². The lowest BCUT2D eigenvalue weighted by molar-refractivity contribution is -0.271. The molecule has 2 bridgehead atoms. The first-order valence-corrected chi connectivity index (χ1v) is 10.6. The summed E-state index contributed by atoms with van der Waals surface area (Å²) in [5.74, 6) is -0.469. The van der Waals surface area contributed by atoms with E-state index < -0.39 is 30.5 Å². The first-order valence-electron chi connectivity index (χ1n) is 10.6. The number of aliphatic hydroxyl groups is 1. The number of carbonyl (C=O) groups is 1. The van der Waals surface area contributed by atoms with E-state index >= 15 is 0 Å². The molecule has 4 rings (SSSR count). The van der Waals surface area contributed by atoms with Crippen LogP contribution in [0, 0.1) is 11.3 Å². The minimum atomic E-state index is -4.64. The molecule has 2 atom stereocenters. The Labute approximate surface area is 170 Å². The van der Waals surface area contributed by atoms with Gasteiger partial charge in [-0.1, -0.05) is 45.0 Å². The largest absolute Gasteiger partial charge is 0.417 e. The molecule has 1 N–H and O–H groups in total. The third-order valence-electron chi connectivity index (χ3n) is 8.48. The van der Waals surface area contributed by atoms with Crippen LogP contribution in [0.15, 0.2) is 24.3 Å². The summed E-state index contributed by atoms with van der Waals surface area (Å²) >= 11 is 0. The maximum absolute atomic E-state index is 13.4. The molecule has 160 valence electrons. The van der Waals surface area contributed by atoms with Crippen LogP contribution in [0.3, 0.4) is 0 Å². The van der Waals surface area contributed by atoms with Crippen molar-refractivity contribution in [3.8, 4) is 0 Å². The van der Waals surface area contributed by atoms with E-state index in [0.717, 1.165) is 12.8 Å². The number of fused-ring (bicyclic) bond motifs is 4. The van der Waals surface area contributed by atoms with E-state index in [1.807, 2.05) is 11.0 Å². The normalized spacial score (nSPS) is 36.4. The Bertz CT molecular complexity index is 811. The third-order valence-corrected chi connectivity index (χ3v) is 8.48. The molecule has 1 aliphatic heterocycles. The molecule has 29 heavy (non-hydrogen) atoms. The first-order chi connectivity index (χ1) is 13.4. The Kier molecular flexibility index (Phi) is 4.62. The molecule has 0 unspecified atom stereocenters. The van der Waals surface area contributed by atoms with Crippen molar-refractivity contribution in [2.24, 2.45) is 11.3 Å². The van der Waals surface area contributed by atoms with E-state index in [1.165, 1.54) is 11.1 Å². The molecular formula is C23H30F3NO2. The van der Waals surface area contributed by atoms with Gasteiger partial charge in [0.05, 0.1) is 0 Å². The van der Waals surface area contributed by atoms with E-state index in [4.69, 9.17) is 0 Å². The number of halogens is 3. The van der Waals surface area contributed by atoms with Crippen LogP contribution in [0.2, 0.25) is 0 Å². The number of amides is 1. The van der Waals surface area contributed by atoms with E-state index in [1.54, 1.807) is 0 Å². The molecule has 0 aromatic heterocycles. The van der Waals surface area contributed by atoms with Crippen molar-refractivity contribution in [3.05, 3.63) is 35.4 Å². The molecule has 1 aromatic carbocycles. The molecule has 1 heterocycles. The van der Waals surface area contributed by atoms with Crippen LogP contribution in [0.25, 0.3) is 0 Å². The summed E-state index contributed by atoms with van der Waals surface area (Å²) < 4.78 is 39.3. The van der Waals surface area contributed by atoms with Gasteiger partial charge in [0.15, 0.2) is 5.60 Å². The standard InChI is InChI=1S/C23H30F3NO2/c1-20(2)18-14-16-6-4-5-7-17(16)21(20,3)12-13-27(18)19(28)15-8-10-22(29,11-9-15)23(24,25)26/h4-7,15,18,29H,8-14H2,1-3H3/t15?,18-,21+,22?/m1/s1. The van der Waals surface area contributed by atoms with Gasteiger partial charge in [0.25, 0.3) is 0 Å². The first kappa shape index (κ1) is 20.7. The van der Waals surface area contributed by atoms with E-state index in [9.17, 15) is 23.1 Å². The van der Waals surface area contributed by atoms with Crippen LogP contribution in [-0.2, 0) is 16.6 Å². The van der Waals surface area contributed by atoms with Crippen molar-refractivity contribution in [2.45, 2.75) is 82.5 Å². The number of alkyl halides is 3. The molecule has 1 amide bonds. The Morgan fingerprint density at radius 2 is 1.72 bits per heavy atom. The highest BCUT2D eigenvalue weighted by atomic mass is 19.4. The zero-order valence-electron chi connectivity index (χ0n) is 17.4. The molecule has 1 aromatic rings. The second kappa shape index (κ2) is 6.47. The van der Waals surface area contributed by atoms with Crippen LogP contribution < -0.4 is 0 Å². The summed E-state index contributed by atoms with van der Waals surface area (Å²) in [5.41, 5.74) is -0.177. The molecule has 2 aliphatic carbocycles. The predicted octanol–water partition coefficient (Wildman–Crippen LogP) is 4.61. The molecule has 1 saturated carbocycles. The van der Waals surface area contributed by atoms with Gasteiger partial charge in [0.2, 0.25) is 5.91 Å². The van der Waals surface area contributed by atoms with Crippen molar-refractivity contribution in [2.75, 3.05) is 6.54 Å². The lowest BCUT2D eigenvalue weighted by Gasteiger charge is -2.61. The zero-order valence-corrected chi connectivity index (χ0v) is 17.4. The molecule has 3 nitrogen and oxygen atoms in total. The van der Waals surface area contributed by atoms with Crippen molar-refractivity contribution >= 4 is 5.91 Å². The number of rotatable bonds is 1. The van der Waals surface area contributed by atoms with Gasteiger partial charge in [-0.15, -0.1) is 0 Å². The summed E-state index contributed by atoms with van der Waals surface area (Å²) in [5, 5.41) is 9.94. The van der Waals surface area contributed by atoms with Gasteiger partial charge in [-0.25, -0.2) is 0 Å². The fourth-order valence-electron chi connectivity index (χ4n) is 6.00. The summed E-state index contributed by atoms with van der Waals surface area (Å²) in [6, 6.07) is 8.47. The predicted molar refractivity (Wildman–Crippen MR) is 104 cm³/mol. The molecule has 3 aliphatic rings. The SMILES string of the molecule is CC1(C)[C@H]2Cc3ccccc3[C@]1(C)CCN2C(=O)C1CCC(O)(C(F)(F)F)CC1. The monoisotopic (exact) mass is 409 g/mol. The van der Waals surface area contributed by atoms with Crippen LogP contribution in [-0.4, -0.2) is 40.3 Å². The molecule has 0 radical (unpaired) electrons. The number of likely N-dealkylation sites (tertiary alicyclic amines) is 1. The highest BCUT2D eigenvalue weighted by molar-refractivity contribution is 5.80. The van der Waals surface area contributed by atoms with Crippen LogP contribution >= 0.6 is 0 Å². The Morgan fingerprint density at radius 3 is 2.34 bits per heavy atom. The number of carbonyl (C=O) groups excluding carboxylic acids is 1. The number of nitrogens with zero attached hydrogens (tertiary/aromatic N) is 1. The van der Waals surface area contributed by atoms with Gasteiger partial charge in [-0.2, -0.15) is 13.2 Å². The molecule has 2 fully saturated rings. The summed E-state index contributed by atoms with van der Waals surface area (Å²) in [6.07, 6.45) is -3.62. The minimum absolute atomic E-state index is 0.0336. The fraction of sp³-hybridized carbons (Fsp3) is 0.696. The second-order valence-electron chi connectivity index (χ2n) is 10.0. The average Bonchev–Trinajstić information content (AvgIpc) is 2.64. The van der Waals surface area contributed by atoms with E-state index in [2.05, 4.69) is 39.0 Å². The minimum Gasteiger partial charge on any atom is -0.380 e. The van der Waals surface area contributed by atoms with Crippen molar-refractivity contribution < 1.29 is 23.1 Å². The van der Waals surface area contributed by atoms with E-state index in [0.29, 0.717) is 6.54 Å². The number of hydrogen-bond acceptors (Lipinski definition) is 2. The summed E-state index contributed by atoms with van der Waals surface area (Å²) in [4.78, 5) is 15.3. The maximum Gasteiger partial charge on any atom is 0.417 e. The van der Waals surface area contributed by atoms with Crippen LogP contribution in [0.1, 0.15) is 64.0 Å². The molecule has 6 heteroatoms. The van der Waals surface area contributed by atoms with Gasteiger partial charge < -0.3 is 10.0 Å². The van der Waals surface area contributed by atoms with Crippen molar-refractivity contribution in [3.63, 3.8) is 0 Å². The average molecular weight is 409 g/mol. The van der Waals surface area contributed by atoms with Gasteiger partial charge in [-0.05, 0) is 55.1 Å². The molecule has 0 spiro atoms. The third kappa shape index (κ3) is 2.93. The molecule has 1 saturated heterocycles. The lowest BCUT2D eigenvalue weighted by atomic mass is 9.51. The maximum atomic E-state index is 13.4. The second-order valence-corrected chi connectivity index (χ2v) is 10.0. The fourth-order valence-corrected chi connectivity index (χ4v) is 6.00. The summed E-state index contributed by atoms with van der Waals surface area (Å²) in [6.45, 7) is 7.36. The Hall–Kier alpha value is -1.56. The highest BCUT2D eigenvalue weighted by Gasteiger charge is 2.59. The highest BCUT2D eigenvalue weighted by Crippen LogP contribution is 2.56. The number of piperidine rings is 1. The quantitative estimate of drug-likeness (QED) is 0.736. The zero-order chi connectivity index (χ0) is 21.2. The van der Waals surface area contributed by atoms with Gasteiger partial charge in [0.1, 0.15) is 0 Å². The topological polar surface area (TPSA) is 40.5 Å². The smallest absolute Gasteiger partial charge is 0.380 e. The van der Waals surface area contributed by atoms with Crippen LogP contribution in [0.4, 0.5) is 13.2 Å². The van der Waals surface area contributed by atoms with Crippen molar-refractivity contribution in [1.29, 1.82) is 0 Å².